The summed E-state index contributed by atoms with van der Waals surface area (Å²) in [6.07, 6.45) is 0.443. The minimum atomic E-state index is -0.402. The molecule has 0 fully saturated rings. The predicted molar refractivity (Wildman–Crippen MR) is 85.4 cm³/mol. The molecule has 0 heterocycles. The number of nitro groups is 1. The number of hydrogen-bond acceptors (Lipinski definition) is 5. The highest BCUT2D eigenvalue weighted by atomic mass is 16.7. The van der Waals surface area contributed by atoms with Gasteiger partial charge in [-0.25, -0.2) is 0 Å². The molecule has 0 spiro atoms. The summed E-state index contributed by atoms with van der Waals surface area (Å²) in [5.74, 6) is 0.474. The molecular weight excluding hydrogens is 298 g/mol. The quantitative estimate of drug-likeness (QED) is 0.307. The molecular formula is C17H19NO5. The molecule has 122 valence electrons. The van der Waals surface area contributed by atoms with Gasteiger partial charge in [0.25, 0.3) is 5.69 Å². The van der Waals surface area contributed by atoms with Crippen molar-refractivity contribution < 1.29 is 19.1 Å². The first-order valence-corrected chi connectivity index (χ1v) is 7.21. The van der Waals surface area contributed by atoms with Crippen LogP contribution in [0.3, 0.4) is 0 Å². The molecule has 0 saturated carbocycles. The van der Waals surface area contributed by atoms with Crippen LogP contribution in [0.2, 0.25) is 0 Å². The third-order valence-corrected chi connectivity index (χ3v) is 3.22. The molecule has 0 aromatic heterocycles. The maximum atomic E-state index is 11.2. The molecule has 0 bridgehead atoms. The molecule has 0 amide bonds. The lowest BCUT2D eigenvalue weighted by Crippen LogP contribution is -2.04. The van der Waals surface area contributed by atoms with Crippen molar-refractivity contribution in [2.24, 2.45) is 0 Å². The SMILES string of the molecule is COCOCCc1ccc(OCc2ccccc2)cc1[N+](=O)[O-]. The Morgan fingerprint density at radius 1 is 1.13 bits per heavy atom. The minimum Gasteiger partial charge on any atom is -0.489 e. The van der Waals surface area contributed by atoms with E-state index in [1.165, 1.54) is 13.2 Å². The molecule has 2 rings (SSSR count). The van der Waals surface area contributed by atoms with E-state index < -0.39 is 4.92 Å². The molecule has 2 aromatic carbocycles. The van der Waals surface area contributed by atoms with Crippen LogP contribution in [-0.2, 0) is 22.5 Å². The first-order chi connectivity index (χ1) is 11.2. The van der Waals surface area contributed by atoms with E-state index >= 15 is 0 Å². The molecule has 6 heteroatoms. The first-order valence-electron chi connectivity index (χ1n) is 7.21. The molecule has 0 aliphatic heterocycles. The Hall–Kier alpha value is -2.44. The average Bonchev–Trinajstić information content (AvgIpc) is 2.58. The number of ether oxygens (including phenoxy) is 3. The zero-order valence-electron chi connectivity index (χ0n) is 12.9. The normalized spacial score (nSPS) is 10.5. The van der Waals surface area contributed by atoms with E-state index in [4.69, 9.17) is 14.2 Å². The Labute approximate surface area is 134 Å². The van der Waals surface area contributed by atoms with Gasteiger partial charge in [0.2, 0.25) is 0 Å². The van der Waals surface area contributed by atoms with E-state index in [1.807, 2.05) is 30.3 Å². The van der Waals surface area contributed by atoms with Crippen molar-refractivity contribution in [1.82, 2.24) is 0 Å². The molecule has 0 aliphatic carbocycles. The van der Waals surface area contributed by atoms with E-state index in [0.29, 0.717) is 30.9 Å². The van der Waals surface area contributed by atoms with Gasteiger partial charge >= 0.3 is 0 Å². The third-order valence-electron chi connectivity index (χ3n) is 3.22. The first kappa shape index (κ1) is 16.9. The number of methoxy groups -OCH3 is 1. The summed E-state index contributed by atoms with van der Waals surface area (Å²) in [6, 6.07) is 14.5. The number of nitrogens with zero attached hydrogens (tertiary/aromatic N) is 1. The van der Waals surface area contributed by atoms with Gasteiger partial charge in [0.1, 0.15) is 19.1 Å². The Morgan fingerprint density at radius 3 is 2.61 bits per heavy atom. The molecule has 0 N–H and O–H groups in total. The molecule has 0 unspecified atom stereocenters. The van der Waals surface area contributed by atoms with E-state index in [9.17, 15) is 10.1 Å². The van der Waals surface area contributed by atoms with Crippen LogP contribution in [0.15, 0.2) is 48.5 Å². The summed E-state index contributed by atoms with van der Waals surface area (Å²) in [4.78, 5) is 10.8. The fourth-order valence-electron chi connectivity index (χ4n) is 2.08. The van der Waals surface area contributed by atoms with Gasteiger partial charge in [-0.1, -0.05) is 30.3 Å². The highest BCUT2D eigenvalue weighted by molar-refractivity contribution is 5.46. The van der Waals surface area contributed by atoms with Gasteiger partial charge in [-0.05, 0) is 17.7 Å². The van der Waals surface area contributed by atoms with Crippen molar-refractivity contribution >= 4 is 5.69 Å². The zero-order valence-corrected chi connectivity index (χ0v) is 12.9. The van der Waals surface area contributed by atoms with Crippen LogP contribution in [0, 0.1) is 10.1 Å². The Balaban J connectivity index is 2.01. The maximum absolute atomic E-state index is 11.2. The summed E-state index contributed by atoms with van der Waals surface area (Å²) in [5, 5.41) is 11.2. The van der Waals surface area contributed by atoms with Crippen LogP contribution < -0.4 is 4.74 Å². The van der Waals surface area contributed by atoms with Crippen molar-refractivity contribution in [3.63, 3.8) is 0 Å². The molecule has 0 aliphatic rings. The van der Waals surface area contributed by atoms with Gasteiger partial charge in [0.15, 0.2) is 0 Å². The van der Waals surface area contributed by atoms with E-state index in [1.54, 1.807) is 12.1 Å². The van der Waals surface area contributed by atoms with Crippen LogP contribution in [0.4, 0.5) is 5.69 Å². The van der Waals surface area contributed by atoms with Crippen LogP contribution in [0.5, 0.6) is 5.75 Å². The Morgan fingerprint density at radius 2 is 1.91 bits per heavy atom. The van der Waals surface area contributed by atoms with Gasteiger partial charge in [-0.3, -0.25) is 10.1 Å². The van der Waals surface area contributed by atoms with Gasteiger partial charge < -0.3 is 14.2 Å². The molecule has 0 atom stereocenters. The predicted octanol–water partition coefficient (Wildman–Crippen LogP) is 3.34. The summed E-state index contributed by atoms with van der Waals surface area (Å²) in [6.45, 7) is 0.902. The molecule has 23 heavy (non-hydrogen) atoms. The number of benzene rings is 2. The maximum Gasteiger partial charge on any atom is 0.276 e. The lowest BCUT2D eigenvalue weighted by molar-refractivity contribution is -0.385. The average molecular weight is 317 g/mol. The van der Waals surface area contributed by atoms with Gasteiger partial charge in [-0.15, -0.1) is 0 Å². The van der Waals surface area contributed by atoms with Crippen LogP contribution in [0.1, 0.15) is 11.1 Å². The monoisotopic (exact) mass is 317 g/mol. The van der Waals surface area contributed by atoms with Gasteiger partial charge in [0.05, 0.1) is 17.6 Å². The molecule has 2 aromatic rings. The van der Waals surface area contributed by atoms with Crippen molar-refractivity contribution in [2.75, 3.05) is 20.5 Å². The largest absolute Gasteiger partial charge is 0.489 e. The minimum absolute atomic E-state index is 0.0385. The standard InChI is InChI=1S/C17H19NO5/c1-21-13-22-10-9-15-7-8-16(11-17(15)18(19)20)23-12-14-5-3-2-4-6-14/h2-8,11H,9-10,12-13H2,1H3. The summed E-state index contributed by atoms with van der Waals surface area (Å²) >= 11 is 0. The highest BCUT2D eigenvalue weighted by Gasteiger charge is 2.15. The molecule has 0 saturated heterocycles. The van der Waals surface area contributed by atoms with Gasteiger partial charge in [0, 0.05) is 19.1 Å². The number of rotatable bonds is 9. The fourth-order valence-corrected chi connectivity index (χ4v) is 2.08. The second kappa shape index (κ2) is 8.87. The van der Waals surface area contributed by atoms with Crippen molar-refractivity contribution in [2.45, 2.75) is 13.0 Å². The zero-order chi connectivity index (χ0) is 16.5. The summed E-state index contributed by atoms with van der Waals surface area (Å²) < 4.78 is 15.6. The van der Waals surface area contributed by atoms with Crippen LogP contribution in [0.25, 0.3) is 0 Å². The second-order valence-corrected chi connectivity index (χ2v) is 4.89. The number of hydrogen-bond donors (Lipinski definition) is 0. The van der Waals surface area contributed by atoms with E-state index in [2.05, 4.69) is 0 Å². The van der Waals surface area contributed by atoms with Crippen molar-refractivity contribution in [3.05, 3.63) is 69.8 Å². The lowest BCUT2D eigenvalue weighted by atomic mass is 10.1. The van der Waals surface area contributed by atoms with E-state index in [0.717, 1.165) is 5.56 Å². The third kappa shape index (κ3) is 5.36. The highest BCUT2D eigenvalue weighted by Crippen LogP contribution is 2.25. The lowest BCUT2D eigenvalue weighted by Gasteiger charge is -2.09. The van der Waals surface area contributed by atoms with E-state index in [-0.39, 0.29) is 12.5 Å². The van der Waals surface area contributed by atoms with Crippen molar-refractivity contribution in [3.8, 4) is 5.75 Å². The summed E-state index contributed by atoms with van der Waals surface area (Å²) in [5.41, 5.74) is 1.65. The van der Waals surface area contributed by atoms with Crippen molar-refractivity contribution in [1.29, 1.82) is 0 Å². The molecule has 0 radical (unpaired) electrons. The topological polar surface area (TPSA) is 70.8 Å². The van der Waals surface area contributed by atoms with Crippen LogP contribution in [-0.4, -0.2) is 25.4 Å². The summed E-state index contributed by atoms with van der Waals surface area (Å²) in [7, 11) is 1.53. The molecule has 6 nitrogen and oxygen atoms in total. The number of nitro benzene ring substituents is 1. The smallest absolute Gasteiger partial charge is 0.276 e. The fraction of sp³-hybridized carbons (Fsp3) is 0.294. The second-order valence-electron chi connectivity index (χ2n) is 4.89. The van der Waals surface area contributed by atoms with Crippen LogP contribution >= 0.6 is 0 Å². The Kier molecular flexibility index (Phi) is 6.53. The van der Waals surface area contributed by atoms with Gasteiger partial charge in [-0.2, -0.15) is 0 Å². The Bertz CT molecular complexity index is 630.